The molecule has 6 nitrogen and oxygen atoms in total. The number of likely N-dealkylation sites (tertiary alicyclic amines) is 1. The second-order valence-corrected chi connectivity index (χ2v) is 9.42. The van der Waals surface area contributed by atoms with Crippen molar-refractivity contribution in [1.82, 2.24) is 14.9 Å². The van der Waals surface area contributed by atoms with Gasteiger partial charge in [-0.15, -0.1) is 0 Å². The Hall–Kier alpha value is -4.19. The Bertz CT molecular complexity index is 1440. The number of imidazole rings is 1. The number of fused-ring (bicyclic) bond motifs is 3. The van der Waals surface area contributed by atoms with Crippen LogP contribution in [0.5, 0.6) is 0 Å². The molecule has 1 spiro atoms. The van der Waals surface area contributed by atoms with Crippen molar-refractivity contribution < 1.29 is 9.59 Å². The first-order chi connectivity index (χ1) is 17.1. The maximum absolute atomic E-state index is 13.0. The van der Waals surface area contributed by atoms with Crippen LogP contribution in [0, 0.1) is 0 Å². The fourth-order valence-corrected chi connectivity index (χ4v) is 5.30. The van der Waals surface area contributed by atoms with E-state index in [0.717, 1.165) is 42.5 Å². The Labute approximate surface area is 203 Å². The third-order valence-electron chi connectivity index (χ3n) is 7.34. The van der Waals surface area contributed by atoms with Gasteiger partial charge in [-0.3, -0.25) is 9.59 Å². The highest BCUT2D eigenvalue weighted by Gasteiger charge is 2.38. The van der Waals surface area contributed by atoms with E-state index in [9.17, 15) is 9.59 Å². The maximum atomic E-state index is 13.0. The van der Waals surface area contributed by atoms with Gasteiger partial charge >= 0.3 is 0 Å². The van der Waals surface area contributed by atoms with Gasteiger partial charge in [0.2, 0.25) is 5.91 Å². The fourth-order valence-electron chi connectivity index (χ4n) is 5.30. The lowest BCUT2D eigenvalue weighted by Gasteiger charge is -2.39. The van der Waals surface area contributed by atoms with Gasteiger partial charge < -0.3 is 15.2 Å². The highest BCUT2D eigenvalue weighted by molar-refractivity contribution is 6.05. The van der Waals surface area contributed by atoms with Gasteiger partial charge in [0.15, 0.2) is 0 Å². The monoisotopic (exact) mass is 462 g/mol. The number of aromatic amines is 1. The molecule has 0 unspecified atom stereocenters. The van der Waals surface area contributed by atoms with E-state index < -0.39 is 0 Å². The minimum Gasteiger partial charge on any atom is -0.345 e. The molecule has 0 bridgehead atoms. The summed E-state index contributed by atoms with van der Waals surface area (Å²) in [5, 5.41) is 2.92. The topological polar surface area (TPSA) is 78.1 Å². The molecule has 3 aromatic carbocycles. The number of nitrogens with one attached hydrogen (secondary N) is 2. The second-order valence-electron chi connectivity index (χ2n) is 9.42. The van der Waals surface area contributed by atoms with Gasteiger partial charge in [-0.05, 0) is 59.9 Å². The fraction of sp³-hybridized carbons (Fsp3) is 0.207. The van der Waals surface area contributed by atoms with Gasteiger partial charge in [-0.25, -0.2) is 4.98 Å². The molecule has 2 heterocycles. The molecule has 2 aliphatic rings. The van der Waals surface area contributed by atoms with Crippen LogP contribution in [0.4, 0.5) is 5.69 Å². The number of benzene rings is 3. The van der Waals surface area contributed by atoms with E-state index in [1.165, 1.54) is 11.1 Å². The summed E-state index contributed by atoms with van der Waals surface area (Å²) in [6.07, 6.45) is 8.45. The number of carbonyl (C=O) groups excluding carboxylic acids is 2. The molecule has 174 valence electrons. The Morgan fingerprint density at radius 1 is 1.00 bits per heavy atom. The van der Waals surface area contributed by atoms with Gasteiger partial charge in [0.25, 0.3) is 5.91 Å². The molecule has 0 saturated carbocycles. The molecule has 6 heteroatoms. The zero-order valence-corrected chi connectivity index (χ0v) is 19.3. The predicted octanol–water partition coefficient (Wildman–Crippen LogP) is 4.94. The second kappa shape index (κ2) is 8.55. The molecule has 0 atom stereocenters. The highest BCUT2D eigenvalue weighted by atomic mass is 16.2. The molecule has 4 aromatic rings. The van der Waals surface area contributed by atoms with Gasteiger partial charge in [0.05, 0.1) is 23.8 Å². The van der Waals surface area contributed by atoms with E-state index in [4.69, 9.17) is 0 Å². The average Bonchev–Trinajstić information content (AvgIpc) is 3.50. The van der Waals surface area contributed by atoms with Crippen LogP contribution in [-0.2, 0) is 16.6 Å². The van der Waals surface area contributed by atoms with Crippen molar-refractivity contribution >= 4 is 34.6 Å². The van der Waals surface area contributed by atoms with E-state index in [2.05, 4.69) is 51.7 Å². The highest BCUT2D eigenvalue weighted by Crippen LogP contribution is 2.43. The van der Waals surface area contributed by atoms with Crippen molar-refractivity contribution in [3.8, 4) is 0 Å². The van der Waals surface area contributed by atoms with E-state index in [-0.39, 0.29) is 17.2 Å². The normalized spacial score (nSPS) is 15.9. The zero-order valence-electron chi connectivity index (χ0n) is 19.3. The standard InChI is InChI=1S/C29H26N4O2/c34-27(33-15-13-29(14-16-33)12-11-21-3-1-2-4-24(21)29)17-20-5-8-23(9-6-20)32-28(35)22-7-10-25-26(18-22)31-19-30-25/h1-12,18-19H,13-17H2,(H,30,31)(H,32,35). The first kappa shape index (κ1) is 21.4. The first-order valence-electron chi connectivity index (χ1n) is 12.0. The number of hydrogen-bond acceptors (Lipinski definition) is 3. The molecule has 35 heavy (non-hydrogen) atoms. The lowest BCUT2D eigenvalue weighted by molar-refractivity contribution is -0.131. The van der Waals surface area contributed by atoms with Crippen LogP contribution >= 0.6 is 0 Å². The van der Waals surface area contributed by atoms with E-state index >= 15 is 0 Å². The molecule has 2 amide bonds. The summed E-state index contributed by atoms with van der Waals surface area (Å²) in [6, 6.07) is 21.5. The molecule has 1 saturated heterocycles. The third-order valence-corrected chi connectivity index (χ3v) is 7.34. The zero-order chi connectivity index (χ0) is 23.8. The van der Waals surface area contributed by atoms with E-state index in [1.807, 2.05) is 35.2 Å². The number of anilines is 1. The molecule has 1 fully saturated rings. The molecule has 1 aromatic heterocycles. The van der Waals surface area contributed by atoms with Crippen LogP contribution in [-0.4, -0.2) is 39.8 Å². The number of nitrogens with zero attached hydrogens (tertiary/aromatic N) is 2. The summed E-state index contributed by atoms with van der Waals surface area (Å²) in [4.78, 5) is 34.8. The summed E-state index contributed by atoms with van der Waals surface area (Å²) in [6.45, 7) is 1.54. The number of allylic oxidation sites excluding steroid dienone is 1. The number of amides is 2. The van der Waals surface area contributed by atoms with E-state index in [0.29, 0.717) is 17.7 Å². The van der Waals surface area contributed by atoms with Gasteiger partial charge in [0, 0.05) is 29.8 Å². The van der Waals surface area contributed by atoms with Crippen LogP contribution in [0.1, 0.15) is 39.9 Å². The summed E-state index contributed by atoms with van der Waals surface area (Å²) < 4.78 is 0. The number of rotatable bonds is 4. The summed E-state index contributed by atoms with van der Waals surface area (Å²) >= 11 is 0. The first-order valence-corrected chi connectivity index (χ1v) is 12.0. The van der Waals surface area contributed by atoms with Crippen LogP contribution in [0.25, 0.3) is 17.1 Å². The minimum atomic E-state index is -0.185. The Morgan fingerprint density at radius 3 is 2.63 bits per heavy atom. The number of piperidine rings is 1. The summed E-state index contributed by atoms with van der Waals surface area (Å²) in [5.74, 6) is -0.0325. The molecular formula is C29H26N4O2. The molecule has 2 N–H and O–H groups in total. The van der Waals surface area contributed by atoms with Crippen LogP contribution in [0.3, 0.4) is 0 Å². The lowest BCUT2D eigenvalue weighted by Crippen LogP contribution is -2.44. The molecule has 1 aliphatic heterocycles. The Balaban J connectivity index is 1.05. The number of aromatic nitrogens is 2. The molecule has 1 aliphatic carbocycles. The van der Waals surface area contributed by atoms with E-state index in [1.54, 1.807) is 18.5 Å². The number of carbonyl (C=O) groups is 2. The molecule has 6 rings (SSSR count). The molecule has 0 radical (unpaired) electrons. The van der Waals surface area contributed by atoms with Gasteiger partial charge in [-0.1, -0.05) is 48.6 Å². The van der Waals surface area contributed by atoms with Crippen molar-refractivity contribution in [2.75, 3.05) is 18.4 Å². The van der Waals surface area contributed by atoms with Crippen molar-refractivity contribution in [1.29, 1.82) is 0 Å². The number of hydrogen-bond donors (Lipinski definition) is 2. The third kappa shape index (κ3) is 4.01. The van der Waals surface area contributed by atoms with Gasteiger partial charge in [-0.2, -0.15) is 0 Å². The number of H-pyrrole nitrogens is 1. The van der Waals surface area contributed by atoms with Crippen molar-refractivity contribution in [3.05, 3.63) is 101 Å². The van der Waals surface area contributed by atoms with Crippen molar-refractivity contribution in [3.63, 3.8) is 0 Å². The van der Waals surface area contributed by atoms with Crippen LogP contribution in [0.15, 0.2) is 79.1 Å². The van der Waals surface area contributed by atoms with Crippen molar-refractivity contribution in [2.45, 2.75) is 24.7 Å². The summed E-state index contributed by atoms with van der Waals surface area (Å²) in [5.41, 5.74) is 6.63. The maximum Gasteiger partial charge on any atom is 0.255 e. The average molecular weight is 463 g/mol. The largest absolute Gasteiger partial charge is 0.345 e. The SMILES string of the molecule is O=C(Nc1ccc(CC(=O)N2CCC3(C=Cc4ccccc43)CC2)cc1)c1ccc2nc[nH]c2c1. The van der Waals surface area contributed by atoms with Gasteiger partial charge in [0.1, 0.15) is 0 Å². The quantitative estimate of drug-likeness (QED) is 0.451. The molecular weight excluding hydrogens is 436 g/mol. The van der Waals surface area contributed by atoms with Crippen LogP contribution in [0.2, 0.25) is 0 Å². The summed E-state index contributed by atoms with van der Waals surface area (Å²) in [7, 11) is 0. The minimum absolute atomic E-state index is 0.0785. The Kier molecular flexibility index (Phi) is 5.21. The smallest absolute Gasteiger partial charge is 0.255 e. The lowest BCUT2D eigenvalue weighted by atomic mass is 9.74. The Morgan fingerprint density at radius 2 is 1.80 bits per heavy atom. The van der Waals surface area contributed by atoms with Crippen LogP contribution < -0.4 is 5.32 Å². The predicted molar refractivity (Wildman–Crippen MR) is 137 cm³/mol. The van der Waals surface area contributed by atoms with Crippen molar-refractivity contribution in [2.24, 2.45) is 0 Å².